The van der Waals surface area contributed by atoms with E-state index in [9.17, 15) is 4.79 Å². The molecule has 0 aromatic carbocycles. The Morgan fingerprint density at radius 3 is 2.40 bits per heavy atom. The van der Waals surface area contributed by atoms with Crippen LogP contribution in [0.4, 0.5) is 4.79 Å². The first-order valence-electron chi connectivity index (χ1n) is 3.16. The summed E-state index contributed by atoms with van der Waals surface area (Å²) in [6.45, 7) is 0.877. The van der Waals surface area contributed by atoms with Gasteiger partial charge in [0.05, 0.1) is 0 Å². The van der Waals surface area contributed by atoms with Crippen molar-refractivity contribution in [3.05, 3.63) is 0 Å². The number of hydrogen-bond acceptors (Lipinski definition) is 3. The van der Waals surface area contributed by atoms with Crippen molar-refractivity contribution in [3.8, 4) is 0 Å². The zero-order chi connectivity index (χ0) is 7.98. The number of primary amides is 1. The quantitative estimate of drug-likeness (QED) is 0.381. The van der Waals surface area contributed by atoms with Crippen molar-refractivity contribution in [2.24, 2.45) is 17.2 Å². The molecule has 0 aliphatic heterocycles. The summed E-state index contributed by atoms with van der Waals surface area (Å²) in [5.41, 5.74) is 15.4. The first-order chi connectivity index (χ1) is 4.70. The molecule has 10 heavy (non-hydrogen) atoms. The highest BCUT2D eigenvalue weighted by atomic mass is 16.2. The van der Waals surface area contributed by atoms with Crippen LogP contribution in [0.3, 0.4) is 0 Å². The van der Waals surface area contributed by atoms with Crippen molar-refractivity contribution in [2.45, 2.75) is 12.5 Å². The molecular formula is C5H14N4O. The first-order valence-corrected chi connectivity index (χ1v) is 3.16. The summed E-state index contributed by atoms with van der Waals surface area (Å²) in [5, 5.41) is 2.46. The third kappa shape index (κ3) is 4.11. The number of hydrogen-bond donors (Lipinski definition) is 4. The van der Waals surface area contributed by atoms with E-state index in [0.717, 1.165) is 0 Å². The smallest absolute Gasteiger partial charge is 0.312 e. The molecule has 0 fully saturated rings. The van der Waals surface area contributed by atoms with Crippen molar-refractivity contribution in [1.29, 1.82) is 0 Å². The highest BCUT2D eigenvalue weighted by Crippen LogP contribution is 1.84. The lowest BCUT2D eigenvalue weighted by atomic mass is 10.2. The summed E-state index contributed by atoms with van der Waals surface area (Å²) < 4.78 is 0. The zero-order valence-electron chi connectivity index (χ0n) is 5.84. The maximum Gasteiger partial charge on any atom is 0.312 e. The van der Waals surface area contributed by atoms with Crippen molar-refractivity contribution in [1.82, 2.24) is 5.32 Å². The van der Waals surface area contributed by atoms with Crippen LogP contribution in [-0.2, 0) is 0 Å². The molecule has 7 N–H and O–H groups in total. The second-order valence-electron chi connectivity index (χ2n) is 2.02. The lowest BCUT2D eigenvalue weighted by Gasteiger charge is -2.12. The van der Waals surface area contributed by atoms with Gasteiger partial charge in [-0.2, -0.15) is 0 Å². The number of urea groups is 1. The summed E-state index contributed by atoms with van der Waals surface area (Å²) in [6, 6.07) is -0.633. The van der Waals surface area contributed by atoms with Gasteiger partial charge in [-0.15, -0.1) is 0 Å². The van der Waals surface area contributed by atoms with Gasteiger partial charge >= 0.3 is 6.03 Å². The minimum atomic E-state index is -0.552. The normalized spacial score (nSPS) is 12.6. The average Bonchev–Trinajstić information content (AvgIpc) is 1.86. The molecule has 0 saturated carbocycles. The predicted octanol–water partition coefficient (Wildman–Crippen LogP) is -1.67. The molecule has 5 heteroatoms. The standard InChI is InChI=1S/C5H14N4O/c6-2-1-4(3-7)9-5(8)10/h4H,1-3,6-7H2,(H3,8,9,10). The van der Waals surface area contributed by atoms with Crippen LogP contribution in [0.5, 0.6) is 0 Å². The minimum Gasteiger partial charge on any atom is -0.352 e. The maximum atomic E-state index is 10.3. The molecule has 0 rings (SSSR count). The molecule has 60 valence electrons. The van der Waals surface area contributed by atoms with Crippen LogP contribution in [-0.4, -0.2) is 25.2 Å². The molecule has 0 aliphatic rings. The highest BCUT2D eigenvalue weighted by Gasteiger charge is 2.05. The van der Waals surface area contributed by atoms with Crippen molar-refractivity contribution in [2.75, 3.05) is 13.1 Å². The van der Waals surface area contributed by atoms with E-state index < -0.39 is 6.03 Å². The van der Waals surface area contributed by atoms with Gasteiger partial charge in [0.25, 0.3) is 0 Å². The van der Waals surface area contributed by atoms with Gasteiger partial charge in [-0.1, -0.05) is 0 Å². The molecule has 0 aliphatic carbocycles. The zero-order valence-corrected chi connectivity index (χ0v) is 5.84. The highest BCUT2D eigenvalue weighted by molar-refractivity contribution is 5.71. The van der Waals surface area contributed by atoms with E-state index in [-0.39, 0.29) is 6.04 Å². The molecule has 0 spiro atoms. The van der Waals surface area contributed by atoms with Gasteiger partial charge in [0.1, 0.15) is 0 Å². The molecule has 0 radical (unpaired) electrons. The maximum absolute atomic E-state index is 10.3. The third-order valence-electron chi connectivity index (χ3n) is 1.15. The minimum absolute atomic E-state index is 0.0810. The van der Waals surface area contributed by atoms with E-state index in [0.29, 0.717) is 19.5 Å². The van der Waals surface area contributed by atoms with Gasteiger partial charge < -0.3 is 22.5 Å². The Morgan fingerprint density at radius 2 is 2.10 bits per heavy atom. The van der Waals surface area contributed by atoms with E-state index in [1.54, 1.807) is 0 Å². The molecule has 0 aromatic heterocycles. The van der Waals surface area contributed by atoms with Gasteiger partial charge in [0.2, 0.25) is 0 Å². The molecular weight excluding hydrogens is 132 g/mol. The summed E-state index contributed by atoms with van der Waals surface area (Å²) in [4.78, 5) is 10.3. The first kappa shape index (κ1) is 9.19. The fraction of sp³-hybridized carbons (Fsp3) is 0.800. The number of carbonyl (C=O) groups is 1. The third-order valence-corrected chi connectivity index (χ3v) is 1.15. The molecule has 0 heterocycles. The van der Waals surface area contributed by atoms with Crippen LogP contribution in [0.15, 0.2) is 0 Å². The van der Waals surface area contributed by atoms with Crippen molar-refractivity contribution in [3.63, 3.8) is 0 Å². The Kier molecular flexibility index (Phi) is 4.61. The van der Waals surface area contributed by atoms with E-state index in [1.807, 2.05) is 0 Å². The summed E-state index contributed by atoms with van der Waals surface area (Å²) >= 11 is 0. The van der Waals surface area contributed by atoms with Crippen LogP contribution in [0.2, 0.25) is 0 Å². The van der Waals surface area contributed by atoms with Crippen LogP contribution >= 0.6 is 0 Å². The fourth-order valence-corrected chi connectivity index (χ4v) is 0.651. The number of nitrogens with one attached hydrogen (secondary N) is 1. The predicted molar refractivity (Wildman–Crippen MR) is 39.2 cm³/mol. The van der Waals surface area contributed by atoms with Crippen molar-refractivity contribution < 1.29 is 4.79 Å². The van der Waals surface area contributed by atoms with Crippen LogP contribution in [0.1, 0.15) is 6.42 Å². The SMILES string of the molecule is NCCC(CN)NC(N)=O. The molecule has 0 aromatic rings. The van der Waals surface area contributed by atoms with Crippen LogP contribution in [0.25, 0.3) is 0 Å². The molecule has 0 bridgehead atoms. The van der Waals surface area contributed by atoms with Gasteiger partial charge in [0, 0.05) is 12.6 Å². The monoisotopic (exact) mass is 146 g/mol. The van der Waals surface area contributed by atoms with Gasteiger partial charge in [-0.3, -0.25) is 0 Å². The van der Waals surface area contributed by atoms with Gasteiger partial charge in [0.15, 0.2) is 0 Å². The number of nitrogens with two attached hydrogens (primary N) is 3. The second-order valence-corrected chi connectivity index (χ2v) is 2.02. The average molecular weight is 146 g/mol. The number of rotatable bonds is 4. The molecule has 0 saturated heterocycles. The lowest BCUT2D eigenvalue weighted by molar-refractivity contribution is 0.245. The second kappa shape index (κ2) is 5.01. The van der Waals surface area contributed by atoms with E-state index in [2.05, 4.69) is 5.32 Å². The lowest BCUT2D eigenvalue weighted by Crippen LogP contribution is -2.44. The Hall–Kier alpha value is -0.810. The van der Waals surface area contributed by atoms with E-state index in [1.165, 1.54) is 0 Å². The van der Waals surface area contributed by atoms with Crippen LogP contribution in [0, 0.1) is 0 Å². The summed E-state index contributed by atoms with van der Waals surface area (Å²) in [7, 11) is 0. The van der Waals surface area contributed by atoms with Crippen molar-refractivity contribution >= 4 is 6.03 Å². The topological polar surface area (TPSA) is 107 Å². The summed E-state index contributed by atoms with van der Waals surface area (Å²) in [6.07, 6.45) is 0.666. The van der Waals surface area contributed by atoms with Gasteiger partial charge in [-0.05, 0) is 13.0 Å². The Labute approximate surface area is 59.9 Å². The fourth-order valence-electron chi connectivity index (χ4n) is 0.651. The van der Waals surface area contributed by atoms with E-state index in [4.69, 9.17) is 17.2 Å². The molecule has 1 atom stereocenters. The number of carbonyl (C=O) groups excluding carboxylic acids is 1. The summed E-state index contributed by atoms with van der Waals surface area (Å²) in [5.74, 6) is 0. The van der Waals surface area contributed by atoms with Crippen LogP contribution < -0.4 is 22.5 Å². The number of amides is 2. The molecule has 2 amide bonds. The van der Waals surface area contributed by atoms with Gasteiger partial charge in [-0.25, -0.2) is 4.79 Å². The molecule has 1 unspecified atom stereocenters. The largest absolute Gasteiger partial charge is 0.352 e. The Morgan fingerprint density at radius 1 is 1.50 bits per heavy atom. The Bertz CT molecular complexity index is 106. The molecule has 5 nitrogen and oxygen atoms in total. The van der Waals surface area contributed by atoms with E-state index >= 15 is 0 Å². The Balaban J connectivity index is 3.49.